The first-order valence-corrected chi connectivity index (χ1v) is 8.83. The monoisotopic (exact) mass is 369 g/mol. The number of benzene rings is 1. The summed E-state index contributed by atoms with van der Waals surface area (Å²) in [5.41, 5.74) is 3.29. The van der Waals surface area contributed by atoms with Gasteiger partial charge in [-0.25, -0.2) is 0 Å². The summed E-state index contributed by atoms with van der Waals surface area (Å²) in [7, 11) is 1.85. The summed E-state index contributed by atoms with van der Waals surface area (Å²) in [6.07, 6.45) is 0.618. The Morgan fingerprint density at radius 3 is 2.63 bits per heavy atom. The van der Waals surface area contributed by atoms with Crippen molar-refractivity contribution in [3.8, 4) is 17.1 Å². The highest BCUT2D eigenvalue weighted by atomic mass is 16.5. The van der Waals surface area contributed by atoms with Gasteiger partial charge in [0.2, 0.25) is 17.6 Å². The standard InChI is InChI=1S/C19H23N5O3/c1-5-26-15-8-6-14(7-9-15)19-21-17(27-23-19)11-10-16(25)20-18-12(2)22-24(4)13(18)3/h6-9H,5,10-11H2,1-4H3,(H,20,25). The van der Waals surface area contributed by atoms with Crippen molar-refractivity contribution in [2.24, 2.45) is 7.05 Å². The molecule has 0 aliphatic carbocycles. The van der Waals surface area contributed by atoms with E-state index in [1.807, 2.05) is 52.1 Å². The van der Waals surface area contributed by atoms with Crippen LogP contribution in [0.3, 0.4) is 0 Å². The maximum Gasteiger partial charge on any atom is 0.227 e. The van der Waals surface area contributed by atoms with E-state index in [0.717, 1.165) is 28.4 Å². The zero-order valence-electron chi connectivity index (χ0n) is 15.9. The predicted molar refractivity (Wildman–Crippen MR) is 101 cm³/mol. The van der Waals surface area contributed by atoms with E-state index in [1.165, 1.54) is 0 Å². The Hall–Kier alpha value is -3.16. The zero-order valence-corrected chi connectivity index (χ0v) is 15.9. The number of rotatable bonds is 7. The van der Waals surface area contributed by atoms with Crippen molar-refractivity contribution in [2.45, 2.75) is 33.6 Å². The third kappa shape index (κ3) is 4.33. The number of nitrogens with one attached hydrogen (secondary N) is 1. The van der Waals surface area contributed by atoms with Crippen LogP contribution in [0.4, 0.5) is 5.69 Å². The van der Waals surface area contributed by atoms with Crippen LogP contribution in [-0.2, 0) is 18.3 Å². The van der Waals surface area contributed by atoms with Crippen molar-refractivity contribution in [1.29, 1.82) is 0 Å². The molecule has 0 spiro atoms. The van der Waals surface area contributed by atoms with Crippen LogP contribution < -0.4 is 10.1 Å². The van der Waals surface area contributed by atoms with Crippen LogP contribution >= 0.6 is 0 Å². The number of aryl methyl sites for hydroxylation is 3. The lowest BCUT2D eigenvalue weighted by Crippen LogP contribution is -2.13. The third-order valence-corrected chi connectivity index (χ3v) is 4.23. The average molecular weight is 369 g/mol. The van der Waals surface area contributed by atoms with Gasteiger partial charge < -0.3 is 14.6 Å². The first-order valence-electron chi connectivity index (χ1n) is 8.83. The Bertz CT molecular complexity index is 927. The van der Waals surface area contributed by atoms with Gasteiger partial charge in [0.1, 0.15) is 5.75 Å². The van der Waals surface area contributed by atoms with Crippen LogP contribution in [0.2, 0.25) is 0 Å². The molecule has 27 heavy (non-hydrogen) atoms. The normalized spacial score (nSPS) is 10.8. The second-order valence-corrected chi connectivity index (χ2v) is 6.19. The molecule has 142 valence electrons. The topological polar surface area (TPSA) is 95.1 Å². The molecule has 3 rings (SSSR count). The minimum atomic E-state index is -0.116. The van der Waals surface area contributed by atoms with Gasteiger partial charge in [-0.3, -0.25) is 9.48 Å². The van der Waals surface area contributed by atoms with Crippen molar-refractivity contribution in [3.63, 3.8) is 0 Å². The summed E-state index contributed by atoms with van der Waals surface area (Å²) >= 11 is 0. The molecule has 0 atom stereocenters. The molecule has 0 bridgehead atoms. The Kier molecular flexibility index (Phi) is 5.54. The van der Waals surface area contributed by atoms with E-state index in [1.54, 1.807) is 4.68 Å². The maximum absolute atomic E-state index is 12.2. The molecular weight excluding hydrogens is 346 g/mol. The van der Waals surface area contributed by atoms with E-state index < -0.39 is 0 Å². The number of anilines is 1. The van der Waals surface area contributed by atoms with Crippen molar-refractivity contribution in [3.05, 3.63) is 41.5 Å². The number of amides is 1. The summed E-state index contributed by atoms with van der Waals surface area (Å²) in [6, 6.07) is 7.47. The van der Waals surface area contributed by atoms with Crippen LogP contribution in [0.5, 0.6) is 5.75 Å². The largest absolute Gasteiger partial charge is 0.494 e. The zero-order chi connectivity index (χ0) is 19.4. The fourth-order valence-electron chi connectivity index (χ4n) is 2.72. The second-order valence-electron chi connectivity index (χ2n) is 6.19. The highest BCUT2D eigenvalue weighted by Gasteiger charge is 2.14. The van der Waals surface area contributed by atoms with Crippen LogP contribution in [0.25, 0.3) is 11.4 Å². The minimum Gasteiger partial charge on any atom is -0.494 e. The summed E-state index contributed by atoms with van der Waals surface area (Å²) in [4.78, 5) is 16.6. The van der Waals surface area contributed by atoms with Gasteiger partial charge in [0, 0.05) is 25.5 Å². The Morgan fingerprint density at radius 2 is 2.00 bits per heavy atom. The van der Waals surface area contributed by atoms with Crippen LogP contribution in [0.1, 0.15) is 30.6 Å². The van der Waals surface area contributed by atoms with E-state index in [0.29, 0.717) is 24.7 Å². The smallest absolute Gasteiger partial charge is 0.227 e. The van der Waals surface area contributed by atoms with E-state index in [4.69, 9.17) is 9.26 Å². The summed E-state index contributed by atoms with van der Waals surface area (Å²) in [5.74, 6) is 1.60. The summed E-state index contributed by atoms with van der Waals surface area (Å²) in [6.45, 7) is 6.33. The molecule has 3 aromatic rings. The lowest BCUT2D eigenvalue weighted by atomic mass is 10.2. The van der Waals surface area contributed by atoms with Gasteiger partial charge in [-0.05, 0) is 45.0 Å². The molecule has 1 N–H and O–H groups in total. The van der Waals surface area contributed by atoms with E-state index >= 15 is 0 Å². The van der Waals surface area contributed by atoms with Gasteiger partial charge in [-0.15, -0.1) is 0 Å². The first-order chi connectivity index (χ1) is 13.0. The molecule has 2 aromatic heterocycles. The molecule has 0 fully saturated rings. The molecular formula is C19H23N5O3. The van der Waals surface area contributed by atoms with E-state index in [2.05, 4.69) is 20.6 Å². The van der Waals surface area contributed by atoms with Gasteiger partial charge in [-0.2, -0.15) is 10.1 Å². The van der Waals surface area contributed by atoms with Crippen LogP contribution in [0, 0.1) is 13.8 Å². The molecule has 0 aliphatic rings. The van der Waals surface area contributed by atoms with Crippen LogP contribution in [0.15, 0.2) is 28.8 Å². The van der Waals surface area contributed by atoms with Crippen LogP contribution in [-0.4, -0.2) is 32.4 Å². The average Bonchev–Trinajstić information content (AvgIpc) is 3.21. The predicted octanol–water partition coefficient (Wildman–Crippen LogP) is 3.06. The van der Waals surface area contributed by atoms with Gasteiger partial charge in [0.15, 0.2) is 0 Å². The minimum absolute atomic E-state index is 0.116. The van der Waals surface area contributed by atoms with Crippen molar-refractivity contribution in [1.82, 2.24) is 19.9 Å². The highest BCUT2D eigenvalue weighted by molar-refractivity contribution is 5.91. The number of carbonyl (C=O) groups is 1. The fraction of sp³-hybridized carbons (Fsp3) is 0.368. The molecule has 8 heteroatoms. The van der Waals surface area contributed by atoms with Gasteiger partial charge in [-0.1, -0.05) is 5.16 Å². The molecule has 8 nitrogen and oxygen atoms in total. The van der Waals surface area contributed by atoms with Crippen molar-refractivity contribution < 1.29 is 14.1 Å². The fourth-order valence-corrected chi connectivity index (χ4v) is 2.72. The molecule has 0 saturated heterocycles. The number of hydrogen-bond acceptors (Lipinski definition) is 6. The lowest BCUT2D eigenvalue weighted by molar-refractivity contribution is -0.116. The molecule has 0 unspecified atom stereocenters. The number of aromatic nitrogens is 4. The lowest BCUT2D eigenvalue weighted by Gasteiger charge is -2.04. The quantitative estimate of drug-likeness (QED) is 0.688. The van der Waals surface area contributed by atoms with E-state index in [9.17, 15) is 4.79 Å². The Balaban J connectivity index is 1.58. The SMILES string of the molecule is CCOc1ccc(-c2noc(CCC(=O)Nc3c(C)nn(C)c3C)n2)cc1. The van der Waals surface area contributed by atoms with Gasteiger partial charge in [0.25, 0.3) is 0 Å². The molecule has 0 aliphatic heterocycles. The Morgan fingerprint density at radius 1 is 1.26 bits per heavy atom. The molecule has 0 saturated carbocycles. The maximum atomic E-state index is 12.2. The summed E-state index contributed by atoms with van der Waals surface area (Å²) < 4.78 is 12.4. The molecule has 2 heterocycles. The Labute approximate surface area is 157 Å². The van der Waals surface area contributed by atoms with Gasteiger partial charge in [0.05, 0.1) is 23.7 Å². The van der Waals surface area contributed by atoms with E-state index in [-0.39, 0.29) is 12.3 Å². The van der Waals surface area contributed by atoms with Crippen molar-refractivity contribution in [2.75, 3.05) is 11.9 Å². The molecule has 1 aromatic carbocycles. The number of ether oxygens (including phenoxy) is 1. The summed E-state index contributed by atoms with van der Waals surface area (Å²) in [5, 5.41) is 11.2. The highest BCUT2D eigenvalue weighted by Crippen LogP contribution is 2.21. The number of nitrogens with zero attached hydrogens (tertiary/aromatic N) is 4. The third-order valence-electron chi connectivity index (χ3n) is 4.23. The first kappa shape index (κ1) is 18.6. The number of carbonyl (C=O) groups excluding carboxylic acids is 1. The molecule has 1 amide bonds. The number of hydrogen-bond donors (Lipinski definition) is 1. The second kappa shape index (κ2) is 8.03. The molecule has 0 radical (unpaired) electrons. The van der Waals surface area contributed by atoms with Gasteiger partial charge >= 0.3 is 0 Å². The van der Waals surface area contributed by atoms with Crippen molar-refractivity contribution >= 4 is 11.6 Å².